The number of alkyl halides is 1. The number of ether oxygens (including phenoxy) is 2. The molecule has 0 aromatic heterocycles. The van der Waals surface area contributed by atoms with Gasteiger partial charge in [0.2, 0.25) is 10.0 Å². The fraction of sp³-hybridized carbons (Fsp3) is 1.00. The molecule has 7 heteroatoms. The average molecular weight is 304 g/mol. The molecule has 0 saturated carbocycles. The molecular weight excluding hydrogens is 286 g/mol. The molecule has 0 aromatic rings. The van der Waals surface area contributed by atoms with E-state index in [2.05, 4.69) is 25.4 Å². The summed E-state index contributed by atoms with van der Waals surface area (Å²) in [5.74, 6) is 0.00571. The molecule has 0 aliphatic carbocycles. The first-order chi connectivity index (χ1) is 7.12. The standard InChI is InChI=1S/C8H18BrNO4S/c1-13-7-8-15(11,12)10-4-2-5-14-6-3-9/h10H,2-8H2,1H3. The van der Waals surface area contributed by atoms with Crippen LogP contribution >= 0.6 is 15.9 Å². The molecule has 0 amide bonds. The summed E-state index contributed by atoms with van der Waals surface area (Å²) in [6.45, 7) is 1.85. The van der Waals surface area contributed by atoms with E-state index in [0.717, 1.165) is 5.33 Å². The van der Waals surface area contributed by atoms with Gasteiger partial charge in [-0.25, -0.2) is 13.1 Å². The molecule has 0 aliphatic heterocycles. The summed E-state index contributed by atoms with van der Waals surface area (Å²) in [5.41, 5.74) is 0. The van der Waals surface area contributed by atoms with Crippen LogP contribution in [0.1, 0.15) is 6.42 Å². The van der Waals surface area contributed by atoms with Crippen molar-refractivity contribution < 1.29 is 17.9 Å². The summed E-state index contributed by atoms with van der Waals surface area (Å²) in [5, 5.41) is 0.798. The Morgan fingerprint density at radius 3 is 2.60 bits per heavy atom. The normalized spacial score (nSPS) is 11.9. The maximum atomic E-state index is 11.2. The van der Waals surface area contributed by atoms with Crippen LogP contribution in [-0.2, 0) is 19.5 Å². The third-order valence-electron chi connectivity index (χ3n) is 1.57. The fourth-order valence-corrected chi connectivity index (χ4v) is 2.04. The van der Waals surface area contributed by atoms with Crippen molar-refractivity contribution in [1.82, 2.24) is 4.72 Å². The van der Waals surface area contributed by atoms with Gasteiger partial charge in [-0.15, -0.1) is 0 Å². The van der Waals surface area contributed by atoms with E-state index in [1.54, 1.807) is 0 Å². The molecule has 92 valence electrons. The predicted molar refractivity (Wildman–Crippen MR) is 62.9 cm³/mol. The molecule has 0 fully saturated rings. The number of hydrogen-bond acceptors (Lipinski definition) is 4. The Morgan fingerprint density at radius 1 is 1.27 bits per heavy atom. The quantitative estimate of drug-likeness (QED) is 0.467. The largest absolute Gasteiger partial charge is 0.384 e. The van der Waals surface area contributed by atoms with Crippen LogP contribution in [0.4, 0.5) is 0 Å². The van der Waals surface area contributed by atoms with Crippen molar-refractivity contribution in [1.29, 1.82) is 0 Å². The van der Waals surface area contributed by atoms with Crippen LogP contribution in [0.3, 0.4) is 0 Å². The number of nitrogens with one attached hydrogen (secondary N) is 1. The molecule has 0 radical (unpaired) electrons. The lowest BCUT2D eigenvalue weighted by molar-refractivity contribution is 0.149. The highest BCUT2D eigenvalue weighted by Crippen LogP contribution is 1.88. The van der Waals surface area contributed by atoms with Gasteiger partial charge >= 0.3 is 0 Å². The molecule has 0 unspecified atom stereocenters. The van der Waals surface area contributed by atoms with Crippen molar-refractivity contribution in [3.63, 3.8) is 0 Å². The molecule has 0 aliphatic rings. The van der Waals surface area contributed by atoms with Gasteiger partial charge in [0.15, 0.2) is 0 Å². The lowest BCUT2D eigenvalue weighted by atomic mass is 10.5. The number of halogens is 1. The topological polar surface area (TPSA) is 64.6 Å². The average Bonchev–Trinajstić information content (AvgIpc) is 2.20. The van der Waals surface area contributed by atoms with Gasteiger partial charge in [-0.2, -0.15) is 0 Å². The van der Waals surface area contributed by atoms with Gasteiger partial charge in [0, 0.05) is 25.6 Å². The summed E-state index contributed by atoms with van der Waals surface area (Å²) in [6, 6.07) is 0. The van der Waals surface area contributed by atoms with Gasteiger partial charge < -0.3 is 9.47 Å². The van der Waals surface area contributed by atoms with Crippen LogP contribution in [0, 0.1) is 0 Å². The Labute approximate surface area is 99.7 Å². The first-order valence-electron chi connectivity index (χ1n) is 4.72. The second-order valence-electron chi connectivity index (χ2n) is 2.86. The molecule has 15 heavy (non-hydrogen) atoms. The lowest BCUT2D eigenvalue weighted by Crippen LogP contribution is -2.29. The summed E-state index contributed by atoms with van der Waals surface area (Å²) in [6.07, 6.45) is 0.680. The Hall–Kier alpha value is 0.310. The number of sulfonamides is 1. The molecule has 0 atom stereocenters. The van der Waals surface area contributed by atoms with Gasteiger partial charge in [-0.05, 0) is 6.42 Å². The summed E-state index contributed by atoms with van der Waals surface area (Å²) in [4.78, 5) is 0. The Bertz CT molecular complexity index is 233. The van der Waals surface area contributed by atoms with Gasteiger partial charge in [-0.3, -0.25) is 0 Å². The zero-order valence-electron chi connectivity index (χ0n) is 8.87. The molecule has 1 N–H and O–H groups in total. The smallest absolute Gasteiger partial charge is 0.213 e. The van der Waals surface area contributed by atoms with Crippen LogP contribution in [0.2, 0.25) is 0 Å². The molecule has 0 spiro atoms. The Morgan fingerprint density at radius 2 is 2.00 bits per heavy atom. The van der Waals surface area contributed by atoms with E-state index in [4.69, 9.17) is 4.74 Å². The van der Waals surface area contributed by atoms with E-state index >= 15 is 0 Å². The van der Waals surface area contributed by atoms with Crippen molar-refractivity contribution >= 4 is 26.0 Å². The highest BCUT2D eigenvalue weighted by molar-refractivity contribution is 9.09. The van der Waals surface area contributed by atoms with Gasteiger partial charge in [-0.1, -0.05) is 15.9 Å². The monoisotopic (exact) mass is 303 g/mol. The van der Waals surface area contributed by atoms with Gasteiger partial charge in [0.1, 0.15) is 0 Å². The van der Waals surface area contributed by atoms with Crippen molar-refractivity contribution in [2.24, 2.45) is 0 Å². The van der Waals surface area contributed by atoms with Gasteiger partial charge in [0.25, 0.3) is 0 Å². The van der Waals surface area contributed by atoms with Crippen molar-refractivity contribution in [2.75, 3.05) is 44.6 Å². The summed E-state index contributed by atoms with van der Waals surface area (Å²) in [7, 11) is -1.70. The number of rotatable bonds is 10. The zero-order chi connectivity index (χ0) is 11.6. The number of methoxy groups -OCH3 is 1. The predicted octanol–water partition coefficient (Wildman–Crippen LogP) is 0.354. The summed E-state index contributed by atoms with van der Waals surface area (Å²) < 4.78 is 34.8. The Balaban J connectivity index is 3.41. The van der Waals surface area contributed by atoms with Crippen molar-refractivity contribution in [2.45, 2.75) is 6.42 Å². The van der Waals surface area contributed by atoms with E-state index in [1.165, 1.54) is 7.11 Å². The second kappa shape index (κ2) is 9.53. The minimum Gasteiger partial charge on any atom is -0.384 e. The minimum absolute atomic E-state index is 0.00571. The lowest BCUT2D eigenvalue weighted by Gasteiger charge is -2.06. The highest BCUT2D eigenvalue weighted by atomic mass is 79.9. The molecule has 5 nitrogen and oxygen atoms in total. The van der Waals surface area contributed by atoms with E-state index < -0.39 is 10.0 Å². The second-order valence-corrected chi connectivity index (χ2v) is 5.58. The molecule has 0 bridgehead atoms. The van der Waals surface area contributed by atoms with Gasteiger partial charge in [0.05, 0.1) is 19.0 Å². The molecule has 0 heterocycles. The van der Waals surface area contributed by atoms with Crippen LogP contribution in [0.15, 0.2) is 0 Å². The molecular formula is C8H18BrNO4S. The Kier molecular flexibility index (Phi) is 9.73. The third-order valence-corrected chi connectivity index (χ3v) is 3.24. The van der Waals surface area contributed by atoms with E-state index in [0.29, 0.717) is 26.2 Å². The molecule has 0 saturated heterocycles. The van der Waals surface area contributed by atoms with Crippen LogP contribution in [-0.4, -0.2) is 53.0 Å². The van der Waals surface area contributed by atoms with Crippen LogP contribution < -0.4 is 4.72 Å². The summed E-state index contributed by atoms with van der Waals surface area (Å²) >= 11 is 3.23. The highest BCUT2D eigenvalue weighted by Gasteiger charge is 2.07. The van der Waals surface area contributed by atoms with Crippen molar-refractivity contribution in [3.05, 3.63) is 0 Å². The fourth-order valence-electron chi connectivity index (χ4n) is 0.824. The van der Waals surface area contributed by atoms with Crippen molar-refractivity contribution in [3.8, 4) is 0 Å². The minimum atomic E-state index is -3.18. The third kappa shape index (κ3) is 10.6. The number of hydrogen-bond donors (Lipinski definition) is 1. The molecule has 0 aromatic carbocycles. The molecule has 0 rings (SSSR count). The first kappa shape index (κ1) is 15.3. The first-order valence-corrected chi connectivity index (χ1v) is 7.49. The van der Waals surface area contributed by atoms with E-state index in [9.17, 15) is 8.42 Å². The maximum Gasteiger partial charge on any atom is 0.213 e. The van der Waals surface area contributed by atoms with Crippen LogP contribution in [0.5, 0.6) is 0 Å². The SMILES string of the molecule is COCCS(=O)(=O)NCCCOCCBr. The zero-order valence-corrected chi connectivity index (χ0v) is 11.3. The van der Waals surface area contributed by atoms with Crippen LogP contribution in [0.25, 0.3) is 0 Å². The van der Waals surface area contributed by atoms with E-state index in [-0.39, 0.29) is 12.4 Å². The maximum absolute atomic E-state index is 11.2. The van der Waals surface area contributed by atoms with E-state index in [1.807, 2.05) is 0 Å².